The van der Waals surface area contributed by atoms with Gasteiger partial charge >= 0.3 is 0 Å². The Hall–Kier alpha value is -0.160. The van der Waals surface area contributed by atoms with E-state index in [-0.39, 0.29) is 6.29 Å². The number of ether oxygens (including phenoxy) is 2. The summed E-state index contributed by atoms with van der Waals surface area (Å²) in [5, 5.41) is 0. The summed E-state index contributed by atoms with van der Waals surface area (Å²) >= 11 is 0. The van der Waals surface area contributed by atoms with Crippen LogP contribution in [0, 0.1) is 0 Å². The average molecular weight is 202 g/mol. The van der Waals surface area contributed by atoms with E-state index < -0.39 is 0 Å². The Labute approximate surface area is 86.8 Å². The summed E-state index contributed by atoms with van der Waals surface area (Å²) in [6.07, 6.45) is -0.0804. The van der Waals surface area contributed by atoms with E-state index in [1.165, 1.54) is 0 Å². The molecule has 1 heterocycles. The van der Waals surface area contributed by atoms with E-state index in [2.05, 4.69) is 16.7 Å². The van der Waals surface area contributed by atoms with Crippen LogP contribution in [0.4, 0.5) is 0 Å². The Balaban J connectivity index is 2.21. The summed E-state index contributed by atoms with van der Waals surface area (Å²) in [7, 11) is 3.38. The van der Waals surface area contributed by atoms with Gasteiger partial charge in [-0.2, -0.15) is 0 Å². The molecule has 4 nitrogen and oxygen atoms in total. The highest BCUT2D eigenvalue weighted by Gasteiger charge is 2.18. The van der Waals surface area contributed by atoms with Gasteiger partial charge in [-0.25, -0.2) is 0 Å². The standard InChI is InChI=1S/C10H22N2O2/c1-4-11-5-7-12(8-6-11)9-10(13-2)14-3/h10H,4-9H2,1-3H3. The molecule has 0 N–H and O–H groups in total. The smallest absolute Gasteiger partial charge is 0.169 e. The first kappa shape index (κ1) is 11.9. The van der Waals surface area contributed by atoms with Crippen molar-refractivity contribution in [2.45, 2.75) is 13.2 Å². The quantitative estimate of drug-likeness (QED) is 0.596. The molecule has 0 atom stereocenters. The zero-order chi connectivity index (χ0) is 10.4. The molecule has 0 spiro atoms. The first-order chi connectivity index (χ1) is 6.80. The number of piperazine rings is 1. The zero-order valence-corrected chi connectivity index (χ0v) is 9.53. The summed E-state index contributed by atoms with van der Waals surface area (Å²) in [6, 6.07) is 0. The highest BCUT2D eigenvalue weighted by molar-refractivity contribution is 4.71. The third-order valence-corrected chi connectivity index (χ3v) is 2.85. The van der Waals surface area contributed by atoms with Gasteiger partial charge in [0.15, 0.2) is 6.29 Å². The molecule has 4 heteroatoms. The number of likely N-dealkylation sites (N-methyl/N-ethyl adjacent to an activating group) is 1. The van der Waals surface area contributed by atoms with E-state index in [1.807, 2.05) is 0 Å². The summed E-state index contributed by atoms with van der Waals surface area (Å²) < 4.78 is 10.4. The summed E-state index contributed by atoms with van der Waals surface area (Å²) in [5.41, 5.74) is 0. The molecule has 84 valence electrons. The van der Waals surface area contributed by atoms with E-state index in [9.17, 15) is 0 Å². The van der Waals surface area contributed by atoms with Crippen LogP contribution in [-0.2, 0) is 9.47 Å². The van der Waals surface area contributed by atoms with Crippen LogP contribution in [0.3, 0.4) is 0 Å². The minimum absolute atomic E-state index is 0.0804. The maximum atomic E-state index is 5.18. The van der Waals surface area contributed by atoms with Crippen LogP contribution in [0.15, 0.2) is 0 Å². The predicted molar refractivity (Wildman–Crippen MR) is 56.4 cm³/mol. The van der Waals surface area contributed by atoms with Crippen molar-refractivity contribution < 1.29 is 9.47 Å². The average Bonchev–Trinajstić information content (AvgIpc) is 2.26. The van der Waals surface area contributed by atoms with Gasteiger partial charge in [0.05, 0.1) is 0 Å². The van der Waals surface area contributed by atoms with E-state index >= 15 is 0 Å². The number of hydrogen-bond acceptors (Lipinski definition) is 4. The highest BCUT2D eigenvalue weighted by atomic mass is 16.7. The lowest BCUT2D eigenvalue weighted by Crippen LogP contribution is -2.48. The molecule has 0 bridgehead atoms. The number of rotatable bonds is 5. The molecule has 1 fully saturated rings. The van der Waals surface area contributed by atoms with E-state index in [1.54, 1.807) is 14.2 Å². The van der Waals surface area contributed by atoms with Crippen molar-refractivity contribution in [1.82, 2.24) is 9.80 Å². The topological polar surface area (TPSA) is 24.9 Å². The molecule has 1 aliphatic rings. The molecule has 0 aromatic heterocycles. The van der Waals surface area contributed by atoms with Crippen LogP contribution < -0.4 is 0 Å². The second-order valence-electron chi connectivity index (χ2n) is 3.64. The van der Waals surface area contributed by atoms with Gasteiger partial charge in [-0.3, -0.25) is 4.90 Å². The molecule has 14 heavy (non-hydrogen) atoms. The number of nitrogens with zero attached hydrogens (tertiary/aromatic N) is 2. The number of methoxy groups -OCH3 is 2. The Bertz CT molecular complexity index is 143. The molecule has 1 aliphatic heterocycles. The molecule has 0 saturated carbocycles. The normalized spacial score (nSPS) is 20.6. The fourth-order valence-electron chi connectivity index (χ4n) is 1.74. The first-order valence-corrected chi connectivity index (χ1v) is 5.30. The predicted octanol–water partition coefficient (Wildman–Crippen LogP) is 0.243. The molecule has 1 rings (SSSR count). The SMILES string of the molecule is CCN1CCN(CC(OC)OC)CC1. The molecule has 0 unspecified atom stereocenters. The zero-order valence-electron chi connectivity index (χ0n) is 9.53. The molecule has 0 radical (unpaired) electrons. The van der Waals surface area contributed by atoms with Gasteiger partial charge in [0, 0.05) is 46.9 Å². The van der Waals surface area contributed by atoms with Crippen molar-refractivity contribution >= 4 is 0 Å². The second-order valence-corrected chi connectivity index (χ2v) is 3.64. The van der Waals surface area contributed by atoms with E-state index in [4.69, 9.17) is 9.47 Å². The molecule has 0 amide bonds. The van der Waals surface area contributed by atoms with Crippen LogP contribution >= 0.6 is 0 Å². The summed E-state index contributed by atoms with van der Waals surface area (Å²) in [6.45, 7) is 8.82. The third-order valence-electron chi connectivity index (χ3n) is 2.85. The Morgan fingerprint density at radius 1 is 1.00 bits per heavy atom. The van der Waals surface area contributed by atoms with Gasteiger partial charge in [-0.15, -0.1) is 0 Å². The van der Waals surface area contributed by atoms with Crippen molar-refractivity contribution in [2.75, 3.05) is 53.5 Å². The van der Waals surface area contributed by atoms with Crippen molar-refractivity contribution in [3.63, 3.8) is 0 Å². The third kappa shape index (κ3) is 3.53. The van der Waals surface area contributed by atoms with Gasteiger partial charge in [-0.1, -0.05) is 6.92 Å². The maximum absolute atomic E-state index is 5.18. The second kappa shape index (κ2) is 6.35. The summed E-state index contributed by atoms with van der Waals surface area (Å²) in [4.78, 5) is 4.86. The molecular formula is C10H22N2O2. The molecule has 0 aromatic rings. The highest BCUT2D eigenvalue weighted by Crippen LogP contribution is 2.03. The Kier molecular flexibility index (Phi) is 5.40. The molecule has 0 aliphatic carbocycles. The maximum Gasteiger partial charge on any atom is 0.169 e. The summed E-state index contributed by atoms with van der Waals surface area (Å²) in [5.74, 6) is 0. The van der Waals surface area contributed by atoms with Crippen molar-refractivity contribution in [3.05, 3.63) is 0 Å². The molecular weight excluding hydrogens is 180 g/mol. The Morgan fingerprint density at radius 3 is 1.93 bits per heavy atom. The lowest BCUT2D eigenvalue weighted by molar-refractivity contribution is -0.119. The minimum Gasteiger partial charge on any atom is -0.355 e. The van der Waals surface area contributed by atoms with Gasteiger partial charge in [-0.05, 0) is 6.54 Å². The lowest BCUT2D eigenvalue weighted by Gasteiger charge is -2.35. The number of hydrogen-bond donors (Lipinski definition) is 0. The van der Waals surface area contributed by atoms with E-state index in [0.717, 1.165) is 39.3 Å². The van der Waals surface area contributed by atoms with Crippen LogP contribution in [0.25, 0.3) is 0 Å². The fourth-order valence-corrected chi connectivity index (χ4v) is 1.74. The van der Waals surface area contributed by atoms with Gasteiger partial charge in [0.1, 0.15) is 0 Å². The van der Waals surface area contributed by atoms with Crippen molar-refractivity contribution in [3.8, 4) is 0 Å². The monoisotopic (exact) mass is 202 g/mol. The minimum atomic E-state index is -0.0804. The molecule has 0 aromatic carbocycles. The van der Waals surface area contributed by atoms with Crippen LogP contribution in [-0.4, -0.2) is 69.6 Å². The van der Waals surface area contributed by atoms with Crippen LogP contribution in [0.5, 0.6) is 0 Å². The van der Waals surface area contributed by atoms with Gasteiger partial charge < -0.3 is 14.4 Å². The van der Waals surface area contributed by atoms with Gasteiger partial charge in [0.25, 0.3) is 0 Å². The largest absolute Gasteiger partial charge is 0.355 e. The first-order valence-electron chi connectivity index (χ1n) is 5.30. The van der Waals surface area contributed by atoms with E-state index in [0.29, 0.717) is 0 Å². The molecule has 1 saturated heterocycles. The fraction of sp³-hybridized carbons (Fsp3) is 1.00. The van der Waals surface area contributed by atoms with Crippen molar-refractivity contribution in [2.24, 2.45) is 0 Å². The van der Waals surface area contributed by atoms with Gasteiger partial charge in [0.2, 0.25) is 0 Å². The van der Waals surface area contributed by atoms with Crippen LogP contribution in [0.2, 0.25) is 0 Å². The van der Waals surface area contributed by atoms with Crippen molar-refractivity contribution in [1.29, 1.82) is 0 Å². The van der Waals surface area contributed by atoms with Crippen LogP contribution in [0.1, 0.15) is 6.92 Å². The lowest BCUT2D eigenvalue weighted by atomic mass is 10.3. The Morgan fingerprint density at radius 2 is 1.50 bits per heavy atom.